The lowest BCUT2D eigenvalue weighted by Crippen LogP contribution is -2.32. The van der Waals surface area contributed by atoms with Crippen LogP contribution in [0.25, 0.3) is 0 Å². The Bertz CT molecular complexity index is 711. The molecular formula is C18H20ClN3O. The zero-order valence-electron chi connectivity index (χ0n) is 13.1. The number of hydrogen-bond acceptors (Lipinski definition) is 3. The summed E-state index contributed by atoms with van der Waals surface area (Å²) in [5.41, 5.74) is 3.35. The predicted molar refractivity (Wildman–Crippen MR) is 93.4 cm³/mol. The van der Waals surface area contributed by atoms with Crippen LogP contribution < -0.4 is 10.6 Å². The van der Waals surface area contributed by atoms with Crippen LogP contribution in [0.15, 0.2) is 36.7 Å². The fraction of sp³-hybridized carbons (Fsp3) is 0.333. The molecule has 0 aliphatic heterocycles. The Hall–Kier alpha value is -2.07. The van der Waals surface area contributed by atoms with E-state index in [4.69, 9.17) is 11.6 Å². The molecule has 0 spiro atoms. The highest BCUT2D eigenvalue weighted by Crippen LogP contribution is 2.24. The lowest BCUT2D eigenvalue weighted by Gasteiger charge is -2.13. The third kappa shape index (κ3) is 4.02. The van der Waals surface area contributed by atoms with Crippen LogP contribution in [0.1, 0.15) is 41.6 Å². The number of anilines is 2. The number of aryl methyl sites for hydroxylation is 1. The Morgan fingerprint density at radius 1 is 1.22 bits per heavy atom. The van der Waals surface area contributed by atoms with Crippen molar-refractivity contribution < 1.29 is 4.79 Å². The van der Waals surface area contributed by atoms with E-state index >= 15 is 0 Å². The molecule has 2 aromatic rings. The van der Waals surface area contributed by atoms with Gasteiger partial charge in [0.2, 0.25) is 0 Å². The van der Waals surface area contributed by atoms with Gasteiger partial charge in [0.25, 0.3) is 5.91 Å². The molecular weight excluding hydrogens is 310 g/mol. The highest BCUT2D eigenvalue weighted by atomic mass is 35.5. The first-order chi connectivity index (χ1) is 11.1. The largest absolute Gasteiger partial charge is 0.354 e. The predicted octanol–water partition coefficient (Wildman–Crippen LogP) is 4.46. The van der Waals surface area contributed by atoms with E-state index in [-0.39, 0.29) is 5.91 Å². The Morgan fingerprint density at radius 2 is 2.00 bits per heavy atom. The second kappa shape index (κ2) is 7.01. The van der Waals surface area contributed by atoms with Gasteiger partial charge >= 0.3 is 0 Å². The lowest BCUT2D eigenvalue weighted by atomic mass is 10.2. The molecule has 5 heteroatoms. The van der Waals surface area contributed by atoms with Crippen molar-refractivity contribution in [2.75, 3.05) is 5.32 Å². The SMILES string of the molecule is Cc1cc(Cl)ccc1Nc1cncc(C(=O)NC2CCCC2)c1. The molecule has 0 radical (unpaired) electrons. The van der Waals surface area contributed by atoms with E-state index < -0.39 is 0 Å². The molecule has 3 rings (SSSR count). The van der Waals surface area contributed by atoms with Crippen LogP contribution in [0.2, 0.25) is 5.02 Å². The number of hydrogen-bond donors (Lipinski definition) is 2. The summed E-state index contributed by atoms with van der Waals surface area (Å²) < 4.78 is 0. The van der Waals surface area contributed by atoms with E-state index in [0.717, 1.165) is 29.8 Å². The molecule has 1 aromatic heterocycles. The lowest BCUT2D eigenvalue weighted by molar-refractivity contribution is 0.0937. The van der Waals surface area contributed by atoms with Crippen molar-refractivity contribution >= 4 is 28.9 Å². The molecule has 120 valence electrons. The highest BCUT2D eigenvalue weighted by molar-refractivity contribution is 6.30. The van der Waals surface area contributed by atoms with Gasteiger partial charge in [-0.2, -0.15) is 0 Å². The summed E-state index contributed by atoms with van der Waals surface area (Å²) in [6, 6.07) is 7.78. The zero-order valence-corrected chi connectivity index (χ0v) is 13.9. The molecule has 2 N–H and O–H groups in total. The smallest absolute Gasteiger partial charge is 0.253 e. The third-order valence-electron chi connectivity index (χ3n) is 4.16. The van der Waals surface area contributed by atoms with E-state index in [1.54, 1.807) is 12.4 Å². The van der Waals surface area contributed by atoms with Crippen LogP contribution in [-0.4, -0.2) is 16.9 Å². The normalized spacial score (nSPS) is 14.7. The first kappa shape index (κ1) is 15.8. The van der Waals surface area contributed by atoms with Crippen molar-refractivity contribution in [1.29, 1.82) is 0 Å². The van der Waals surface area contributed by atoms with Crippen LogP contribution in [0, 0.1) is 6.92 Å². The molecule has 1 aliphatic carbocycles. The maximum Gasteiger partial charge on any atom is 0.253 e. The van der Waals surface area contributed by atoms with Crippen LogP contribution in [0.5, 0.6) is 0 Å². The highest BCUT2D eigenvalue weighted by Gasteiger charge is 2.18. The van der Waals surface area contributed by atoms with Gasteiger partial charge in [0.1, 0.15) is 0 Å². The van der Waals surface area contributed by atoms with E-state index in [1.807, 2.05) is 31.2 Å². The van der Waals surface area contributed by atoms with Crippen LogP contribution in [0.3, 0.4) is 0 Å². The number of pyridine rings is 1. The zero-order chi connectivity index (χ0) is 16.2. The summed E-state index contributed by atoms with van der Waals surface area (Å²) in [7, 11) is 0. The van der Waals surface area contributed by atoms with Crippen molar-refractivity contribution in [3.8, 4) is 0 Å². The quantitative estimate of drug-likeness (QED) is 0.870. The molecule has 1 saturated carbocycles. The molecule has 0 bridgehead atoms. The molecule has 1 aliphatic rings. The van der Waals surface area contributed by atoms with Gasteiger partial charge in [-0.25, -0.2) is 0 Å². The molecule has 1 aromatic carbocycles. The van der Waals surface area contributed by atoms with Crippen molar-refractivity contribution in [3.63, 3.8) is 0 Å². The minimum atomic E-state index is -0.0547. The van der Waals surface area contributed by atoms with E-state index in [2.05, 4.69) is 15.6 Å². The molecule has 0 unspecified atom stereocenters. The van der Waals surface area contributed by atoms with Gasteiger partial charge in [-0.3, -0.25) is 9.78 Å². The molecule has 1 amide bonds. The Balaban J connectivity index is 1.72. The summed E-state index contributed by atoms with van der Waals surface area (Å²) in [5.74, 6) is -0.0547. The summed E-state index contributed by atoms with van der Waals surface area (Å²) in [5, 5.41) is 7.07. The fourth-order valence-corrected chi connectivity index (χ4v) is 3.12. The van der Waals surface area contributed by atoms with Gasteiger partial charge in [0.15, 0.2) is 0 Å². The van der Waals surface area contributed by atoms with Gasteiger partial charge in [-0.05, 0) is 49.6 Å². The summed E-state index contributed by atoms with van der Waals surface area (Å²) >= 11 is 5.97. The number of rotatable bonds is 4. The number of halogens is 1. The number of amides is 1. The number of benzene rings is 1. The molecule has 0 saturated heterocycles. The topological polar surface area (TPSA) is 54.0 Å². The number of aromatic nitrogens is 1. The molecule has 4 nitrogen and oxygen atoms in total. The first-order valence-electron chi connectivity index (χ1n) is 7.91. The van der Waals surface area contributed by atoms with Gasteiger partial charge in [0, 0.05) is 22.9 Å². The van der Waals surface area contributed by atoms with Gasteiger partial charge in [-0.15, -0.1) is 0 Å². The number of carbonyl (C=O) groups is 1. The van der Waals surface area contributed by atoms with E-state index in [0.29, 0.717) is 16.6 Å². The average molecular weight is 330 g/mol. The summed E-state index contributed by atoms with van der Waals surface area (Å²) in [4.78, 5) is 16.5. The monoisotopic (exact) mass is 329 g/mol. The third-order valence-corrected chi connectivity index (χ3v) is 4.39. The van der Waals surface area contributed by atoms with Gasteiger partial charge in [0.05, 0.1) is 17.4 Å². The van der Waals surface area contributed by atoms with Gasteiger partial charge in [-0.1, -0.05) is 24.4 Å². The number of carbonyl (C=O) groups excluding carboxylic acids is 1. The molecule has 1 heterocycles. The standard InChI is InChI=1S/C18H20ClN3O/c1-12-8-14(19)6-7-17(12)21-16-9-13(10-20-11-16)18(23)22-15-4-2-3-5-15/h6-11,15,21H,2-5H2,1H3,(H,22,23). The number of nitrogens with zero attached hydrogens (tertiary/aromatic N) is 1. The summed E-state index contributed by atoms with van der Waals surface area (Å²) in [6.45, 7) is 1.98. The molecule has 0 atom stereocenters. The van der Waals surface area contributed by atoms with E-state index in [1.165, 1.54) is 12.8 Å². The Labute approximate surface area is 141 Å². The van der Waals surface area contributed by atoms with Crippen molar-refractivity contribution in [1.82, 2.24) is 10.3 Å². The van der Waals surface area contributed by atoms with E-state index in [9.17, 15) is 4.79 Å². The molecule has 1 fully saturated rings. The summed E-state index contributed by atoms with van der Waals surface area (Å²) in [6.07, 6.45) is 7.84. The first-order valence-corrected chi connectivity index (χ1v) is 8.29. The fourth-order valence-electron chi connectivity index (χ4n) is 2.89. The Morgan fingerprint density at radius 3 is 2.74 bits per heavy atom. The maximum absolute atomic E-state index is 12.3. The second-order valence-electron chi connectivity index (χ2n) is 6.00. The maximum atomic E-state index is 12.3. The van der Waals surface area contributed by atoms with Gasteiger partial charge < -0.3 is 10.6 Å². The van der Waals surface area contributed by atoms with Crippen molar-refractivity contribution in [2.45, 2.75) is 38.6 Å². The second-order valence-corrected chi connectivity index (χ2v) is 6.44. The van der Waals surface area contributed by atoms with Crippen LogP contribution in [0.4, 0.5) is 11.4 Å². The minimum Gasteiger partial charge on any atom is -0.354 e. The van der Waals surface area contributed by atoms with Crippen molar-refractivity contribution in [3.05, 3.63) is 52.8 Å². The average Bonchev–Trinajstić information content (AvgIpc) is 3.03. The molecule has 23 heavy (non-hydrogen) atoms. The minimum absolute atomic E-state index is 0.0547. The van der Waals surface area contributed by atoms with Crippen molar-refractivity contribution in [2.24, 2.45) is 0 Å². The van der Waals surface area contributed by atoms with Crippen LogP contribution in [-0.2, 0) is 0 Å². The van der Waals surface area contributed by atoms with Crippen LogP contribution >= 0.6 is 11.6 Å². The number of nitrogens with one attached hydrogen (secondary N) is 2. The Kier molecular flexibility index (Phi) is 4.82.